The molecule has 1 N–H and O–H groups in total. The maximum absolute atomic E-state index is 10.8. The molecule has 21 heavy (non-hydrogen) atoms. The number of carbonyl (C=O) groups is 1. The summed E-state index contributed by atoms with van der Waals surface area (Å²) in [5.74, 6) is -0.873. The highest BCUT2D eigenvalue weighted by Gasteiger charge is 2.14. The summed E-state index contributed by atoms with van der Waals surface area (Å²) in [6.07, 6.45) is 3.25. The fourth-order valence-electron chi connectivity index (χ4n) is 2.07. The summed E-state index contributed by atoms with van der Waals surface area (Å²) < 4.78 is 2.03. The third-order valence-electron chi connectivity index (χ3n) is 3.07. The molecule has 2 rings (SSSR count). The first-order valence-corrected chi connectivity index (χ1v) is 8.47. The van der Waals surface area contributed by atoms with Crippen molar-refractivity contribution in [2.45, 2.75) is 37.9 Å². The second-order valence-electron chi connectivity index (χ2n) is 4.69. The van der Waals surface area contributed by atoms with E-state index in [1.54, 1.807) is 12.1 Å². The number of hydrogen-bond donors (Lipinski definition) is 1. The smallest absolute Gasteiger partial charge is 0.313 e. The lowest BCUT2D eigenvalue weighted by atomic mass is 10.2. The number of rotatable bonds is 7. The van der Waals surface area contributed by atoms with Crippen molar-refractivity contribution in [1.29, 1.82) is 0 Å². The number of carboxylic acids is 1. The molecule has 1 aromatic heterocycles. The molecule has 2 aromatic rings. The van der Waals surface area contributed by atoms with Crippen LogP contribution in [0.1, 0.15) is 26.2 Å². The molecule has 0 aliphatic heterocycles. The van der Waals surface area contributed by atoms with Gasteiger partial charge in [0.05, 0.1) is 26.8 Å². The van der Waals surface area contributed by atoms with Crippen LogP contribution in [0.25, 0.3) is 11.0 Å². The van der Waals surface area contributed by atoms with Crippen molar-refractivity contribution < 1.29 is 9.90 Å². The molecule has 1 aromatic carbocycles. The highest BCUT2D eigenvalue weighted by atomic mass is 35.5. The maximum atomic E-state index is 10.8. The molecule has 114 valence electrons. The number of nitrogens with zero attached hydrogens (tertiary/aromatic N) is 2. The van der Waals surface area contributed by atoms with Crippen molar-refractivity contribution in [1.82, 2.24) is 9.55 Å². The Morgan fingerprint density at radius 1 is 1.33 bits per heavy atom. The highest BCUT2D eigenvalue weighted by molar-refractivity contribution is 7.99. The van der Waals surface area contributed by atoms with Crippen molar-refractivity contribution in [3.8, 4) is 0 Å². The minimum absolute atomic E-state index is 0.0153. The molecule has 0 amide bonds. The number of fused-ring (bicyclic) bond motifs is 1. The van der Waals surface area contributed by atoms with E-state index >= 15 is 0 Å². The monoisotopic (exact) mass is 346 g/mol. The SMILES string of the molecule is CCCCCn1c(SCC(=O)O)nc2cc(Cl)c(Cl)cc21. The first-order valence-electron chi connectivity index (χ1n) is 6.72. The molecule has 0 aliphatic carbocycles. The lowest BCUT2D eigenvalue weighted by Crippen LogP contribution is -2.03. The van der Waals surface area contributed by atoms with Gasteiger partial charge in [-0.25, -0.2) is 4.98 Å². The van der Waals surface area contributed by atoms with E-state index in [-0.39, 0.29) is 5.75 Å². The van der Waals surface area contributed by atoms with Crippen molar-refractivity contribution in [2.75, 3.05) is 5.75 Å². The van der Waals surface area contributed by atoms with E-state index in [0.29, 0.717) is 15.2 Å². The van der Waals surface area contributed by atoms with Gasteiger partial charge in [-0.15, -0.1) is 0 Å². The van der Waals surface area contributed by atoms with Crippen LogP contribution >= 0.6 is 35.0 Å². The molecule has 7 heteroatoms. The number of imidazole rings is 1. The Morgan fingerprint density at radius 2 is 2.05 bits per heavy atom. The molecule has 0 radical (unpaired) electrons. The molecular formula is C14H16Cl2N2O2S. The van der Waals surface area contributed by atoms with Crippen LogP contribution in [0.3, 0.4) is 0 Å². The Bertz CT molecular complexity index is 658. The van der Waals surface area contributed by atoms with E-state index < -0.39 is 5.97 Å². The maximum Gasteiger partial charge on any atom is 0.313 e. The number of benzene rings is 1. The number of unbranched alkanes of at least 4 members (excludes halogenated alkanes) is 2. The lowest BCUT2D eigenvalue weighted by Gasteiger charge is -2.08. The minimum atomic E-state index is -0.858. The standard InChI is InChI=1S/C14H16Cl2N2O2S/c1-2-3-4-5-18-12-7-10(16)9(15)6-11(12)17-14(18)21-8-13(19)20/h6-7H,2-5,8H2,1H3,(H,19,20). The van der Waals surface area contributed by atoms with Gasteiger partial charge in [-0.3, -0.25) is 4.79 Å². The van der Waals surface area contributed by atoms with Gasteiger partial charge in [0.15, 0.2) is 5.16 Å². The van der Waals surface area contributed by atoms with E-state index in [1.807, 2.05) is 4.57 Å². The van der Waals surface area contributed by atoms with Gasteiger partial charge in [0, 0.05) is 6.54 Å². The predicted molar refractivity (Wildman–Crippen MR) is 87.6 cm³/mol. The summed E-state index contributed by atoms with van der Waals surface area (Å²) in [4.78, 5) is 15.3. The van der Waals surface area contributed by atoms with E-state index in [9.17, 15) is 4.79 Å². The number of thioether (sulfide) groups is 1. The van der Waals surface area contributed by atoms with Gasteiger partial charge >= 0.3 is 5.97 Å². The normalized spacial score (nSPS) is 11.2. The quantitative estimate of drug-likeness (QED) is 0.582. The van der Waals surface area contributed by atoms with Crippen LogP contribution in [0.5, 0.6) is 0 Å². The topological polar surface area (TPSA) is 55.1 Å². The molecule has 0 atom stereocenters. The number of aliphatic carboxylic acids is 1. The number of aromatic nitrogens is 2. The van der Waals surface area contributed by atoms with Crippen LogP contribution in [0.2, 0.25) is 10.0 Å². The van der Waals surface area contributed by atoms with Gasteiger partial charge in [-0.1, -0.05) is 54.7 Å². The fraction of sp³-hybridized carbons (Fsp3) is 0.429. The van der Waals surface area contributed by atoms with Crippen molar-refractivity contribution in [3.63, 3.8) is 0 Å². The Hall–Kier alpha value is -0.910. The van der Waals surface area contributed by atoms with Crippen LogP contribution in [-0.2, 0) is 11.3 Å². The Labute approximate surface area is 137 Å². The molecule has 0 spiro atoms. The van der Waals surface area contributed by atoms with Crippen molar-refractivity contribution in [3.05, 3.63) is 22.2 Å². The number of hydrogen-bond acceptors (Lipinski definition) is 3. The molecular weight excluding hydrogens is 331 g/mol. The molecule has 0 aliphatic rings. The Morgan fingerprint density at radius 3 is 2.71 bits per heavy atom. The summed E-state index contributed by atoms with van der Waals surface area (Å²) in [6, 6.07) is 3.52. The van der Waals surface area contributed by atoms with Gasteiger partial charge in [-0.05, 0) is 18.6 Å². The van der Waals surface area contributed by atoms with Crippen LogP contribution in [0, 0.1) is 0 Å². The van der Waals surface area contributed by atoms with Crippen molar-refractivity contribution in [2.24, 2.45) is 0 Å². The van der Waals surface area contributed by atoms with E-state index in [2.05, 4.69) is 11.9 Å². The zero-order chi connectivity index (χ0) is 15.4. The summed E-state index contributed by atoms with van der Waals surface area (Å²) in [5.41, 5.74) is 1.64. The summed E-state index contributed by atoms with van der Waals surface area (Å²) in [6.45, 7) is 2.94. The van der Waals surface area contributed by atoms with Gasteiger partial charge in [0.25, 0.3) is 0 Å². The number of aryl methyl sites for hydroxylation is 1. The number of halogens is 2. The summed E-state index contributed by atoms with van der Waals surface area (Å²) >= 11 is 13.3. The second kappa shape index (κ2) is 7.38. The molecule has 0 saturated carbocycles. The molecule has 0 saturated heterocycles. The lowest BCUT2D eigenvalue weighted by molar-refractivity contribution is -0.133. The average molecular weight is 347 g/mol. The van der Waals surface area contributed by atoms with Gasteiger partial charge in [0.1, 0.15) is 0 Å². The van der Waals surface area contributed by atoms with Crippen LogP contribution in [-0.4, -0.2) is 26.4 Å². The molecule has 0 unspecified atom stereocenters. The fourth-order valence-corrected chi connectivity index (χ4v) is 3.15. The second-order valence-corrected chi connectivity index (χ2v) is 6.45. The average Bonchev–Trinajstić information content (AvgIpc) is 2.75. The van der Waals surface area contributed by atoms with E-state index in [4.69, 9.17) is 28.3 Å². The van der Waals surface area contributed by atoms with Gasteiger partial charge in [-0.2, -0.15) is 0 Å². The predicted octanol–water partition coefficient (Wildman–Crippen LogP) is 4.71. The zero-order valence-corrected chi connectivity index (χ0v) is 13.9. The van der Waals surface area contributed by atoms with Gasteiger partial charge < -0.3 is 9.67 Å². The van der Waals surface area contributed by atoms with Gasteiger partial charge in [0.2, 0.25) is 0 Å². The van der Waals surface area contributed by atoms with Crippen LogP contribution in [0.4, 0.5) is 0 Å². The first-order chi connectivity index (χ1) is 10.0. The van der Waals surface area contributed by atoms with Crippen LogP contribution in [0.15, 0.2) is 17.3 Å². The summed E-state index contributed by atoms with van der Waals surface area (Å²) in [7, 11) is 0. The third-order valence-corrected chi connectivity index (χ3v) is 4.75. The largest absolute Gasteiger partial charge is 0.481 e. The van der Waals surface area contributed by atoms with Crippen LogP contribution < -0.4 is 0 Å². The Balaban J connectivity index is 2.39. The third kappa shape index (κ3) is 4.05. The minimum Gasteiger partial charge on any atom is -0.481 e. The molecule has 0 bridgehead atoms. The van der Waals surface area contributed by atoms with E-state index in [1.165, 1.54) is 11.8 Å². The molecule has 0 fully saturated rings. The molecule has 4 nitrogen and oxygen atoms in total. The summed E-state index contributed by atoms with van der Waals surface area (Å²) in [5, 5.41) is 10.5. The highest BCUT2D eigenvalue weighted by Crippen LogP contribution is 2.31. The number of carboxylic acid groups (broad SMARTS) is 1. The van der Waals surface area contributed by atoms with E-state index in [0.717, 1.165) is 36.8 Å². The first kappa shape index (κ1) is 16.5. The Kier molecular flexibility index (Phi) is 5.79. The molecule has 1 heterocycles. The zero-order valence-electron chi connectivity index (χ0n) is 11.6. The van der Waals surface area contributed by atoms with Crippen molar-refractivity contribution >= 4 is 52.0 Å².